The van der Waals surface area contributed by atoms with E-state index in [1.807, 2.05) is 12.1 Å². The molecule has 3 nitrogen and oxygen atoms in total. The van der Waals surface area contributed by atoms with Crippen LogP contribution in [0.25, 0.3) is 0 Å². The summed E-state index contributed by atoms with van der Waals surface area (Å²) in [5, 5.41) is 12.3. The van der Waals surface area contributed by atoms with Crippen molar-refractivity contribution in [2.45, 2.75) is 39.2 Å². The number of hydrogen-bond donors (Lipinski definition) is 2. The number of carboxylic acid groups (broad SMARTS) is 1. The van der Waals surface area contributed by atoms with Gasteiger partial charge >= 0.3 is 5.97 Å². The minimum absolute atomic E-state index is 0.306. The van der Waals surface area contributed by atoms with E-state index in [1.165, 1.54) is 0 Å². The van der Waals surface area contributed by atoms with Crippen LogP contribution in [0.5, 0.6) is 0 Å². The first kappa shape index (κ1) is 12.6. The maximum atomic E-state index is 11.0. The van der Waals surface area contributed by atoms with E-state index in [9.17, 15) is 4.79 Å². The lowest BCUT2D eigenvalue weighted by molar-refractivity contribution is 0.0698. The van der Waals surface area contributed by atoms with Crippen LogP contribution in [-0.4, -0.2) is 17.1 Å². The molecule has 0 aromatic heterocycles. The lowest BCUT2D eigenvalue weighted by Gasteiger charge is -2.16. The Morgan fingerprint density at radius 1 is 1.44 bits per heavy atom. The molecule has 2 N–H and O–H groups in total. The first-order valence-corrected chi connectivity index (χ1v) is 5.74. The molecular formula is C13H19NO2. The second-order valence-electron chi connectivity index (χ2n) is 4.04. The Balaban J connectivity index is 2.69. The molecule has 88 valence electrons. The molecule has 1 atom stereocenters. The Kier molecular flexibility index (Phi) is 4.83. The van der Waals surface area contributed by atoms with Crippen molar-refractivity contribution in [3.05, 3.63) is 29.8 Å². The van der Waals surface area contributed by atoms with Crippen molar-refractivity contribution in [2.24, 2.45) is 0 Å². The van der Waals surface area contributed by atoms with Crippen molar-refractivity contribution < 1.29 is 9.90 Å². The number of nitrogens with one attached hydrogen (secondary N) is 1. The van der Waals surface area contributed by atoms with Crippen LogP contribution in [0.2, 0.25) is 0 Å². The first-order chi connectivity index (χ1) is 7.65. The zero-order valence-electron chi connectivity index (χ0n) is 9.86. The molecule has 0 heterocycles. The molecule has 0 saturated carbocycles. The fourth-order valence-electron chi connectivity index (χ4n) is 1.64. The number of hydrogen-bond acceptors (Lipinski definition) is 2. The number of unbranched alkanes of at least 4 members (excludes halogenated alkanes) is 1. The van der Waals surface area contributed by atoms with E-state index >= 15 is 0 Å². The smallest absolute Gasteiger partial charge is 0.337 e. The molecule has 3 heteroatoms. The largest absolute Gasteiger partial charge is 0.478 e. The van der Waals surface area contributed by atoms with Crippen LogP contribution >= 0.6 is 0 Å². The van der Waals surface area contributed by atoms with Gasteiger partial charge in [0.2, 0.25) is 0 Å². The highest BCUT2D eigenvalue weighted by molar-refractivity contribution is 5.94. The van der Waals surface area contributed by atoms with Gasteiger partial charge in [0.05, 0.1) is 5.56 Å². The number of benzene rings is 1. The minimum Gasteiger partial charge on any atom is -0.478 e. The van der Waals surface area contributed by atoms with E-state index in [-0.39, 0.29) is 0 Å². The van der Waals surface area contributed by atoms with E-state index in [1.54, 1.807) is 12.1 Å². The summed E-state index contributed by atoms with van der Waals surface area (Å²) in [5.41, 5.74) is 1.05. The Morgan fingerprint density at radius 2 is 2.12 bits per heavy atom. The molecule has 0 bridgehead atoms. The van der Waals surface area contributed by atoms with Crippen LogP contribution in [-0.2, 0) is 0 Å². The van der Waals surface area contributed by atoms with Gasteiger partial charge in [0.25, 0.3) is 0 Å². The second-order valence-corrected chi connectivity index (χ2v) is 4.04. The van der Waals surface area contributed by atoms with Crippen molar-refractivity contribution >= 4 is 11.7 Å². The summed E-state index contributed by atoms with van der Waals surface area (Å²) >= 11 is 0. The molecule has 0 aliphatic heterocycles. The fourth-order valence-corrected chi connectivity index (χ4v) is 1.64. The van der Waals surface area contributed by atoms with Gasteiger partial charge in [-0.1, -0.05) is 31.9 Å². The maximum Gasteiger partial charge on any atom is 0.337 e. The SMILES string of the molecule is CCCCC(C)Nc1ccccc1C(=O)O. The third-order valence-electron chi connectivity index (χ3n) is 2.55. The van der Waals surface area contributed by atoms with Gasteiger partial charge in [-0.3, -0.25) is 0 Å². The lowest BCUT2D eigenvalue weighted by atomic mass is 10.1. The molecule has 0 spiro atoms. The average molecular weight is 221 g/mol. The van der Waals surface area contributed by atoms with Gasteiger partial charge in [-0.2, -0.15) is 0 Å². The van der Waals surface area contributed by atoms with Crippen molar-refractivity contribution in [2.75, 3.05) is 5.32 Å². The highest BCUT2D eigenvalue weighted by Gasteiger charge is 2.10. The highest BCUT2D eigenvalue weighted by atomic mass is 16.4. The zero-order chi connectivity index (χ0) is 12.0. The van der Waals surface area contributed by atoms with E-state index in [2.05, 4.69) is 19.2 Å². The fraction of sp³-hybridized carbons (Fsp3) is 0.462. The number of aromatic carboxylic acids is 1. The van der Waals surface area contributed by atoms with Gasteiger partial charge in [-0.05, 0) is 25.5 Å². The summed E-state index contributed by atoms with van der Waals surface area (Å²) in [5.74, 6) is -0.884. The van der Waals surface area contributed by atoms with E-state index in [4.69, 9.17) is 5.11 Å². The molecule has 0 aliphatic carbocycles. The Morgan fingerprint density at radius 3 is 2.75 bits per heavy atom. The Hall–Kier alpha value is -1.51. The van der Waals surface area contributed by atoms with Crippen LogP contribution in [0, 0.1) is 0 Å². The summed E-state index contributed by atoms with van der Waals surface area (Å²) in [4.78, 5) is 11.0. The summed E-state index contributed by atoms with van der Waals surface area (Å²) < 4.78 is 0. The van der Waals surface area contributed by atoms with E-state index < -0.39 is 5.97 Å². The highest BCUT2D eigenvalue weighted by Crippen LogP contribution is 2.17. The topological polar surface area (TPSA) is 49.3 Å². The number of rotatable bonds is 6. The predicted octanol–water partition coefficient (Wildman–Crippen LogP) is 3.38. The quantitative estimate of drug-likeness (QED) is 0.774. The third kappa shape index (κ3) is 3.57. The summed E-state index contributed by atoms with van der Waals surface area (Å²) in [6.07, 6.45) is 3.38. The van der Waals surface area contributed by atoms with Crippen molar-refractivity contribution in [1.82, 2.24) is 0 Å². The summed E-state index contributed by atoms with van der Waals surface area (Å²) in [6, 6.07) is 7.33. The molecule has 0 amide bonds. The summed E-state index contributed by atoms with van der Waals surface area (Å²) in [7, 11) is 0. The third-order valence-corrected chi connectivity index (χ3v) is 2.55. The van der Waals surface area contributed by atoms with Crippen molar-refractivity contribution in [3.63, 3.8) is 0 Å². The average Bonchev–Trinajstić information content (AvgIpc) is 2.27. The standard InChI is InChI=1S/C13H19NO2/c1-3-4-7-10(2)14-12-9-6-5-8-11(12)13(15)16/h5-6,8-10,14H,3-4,7H2,1-2H3,(H,15,16). The zero-order valence-corrected chi connectivity index (χ0v) is 9.86. The van der Waals surface area contributed by atoms with Crippen LogP contribution in [0.3, 0.4) is 0 Å². The van der Waals surface area contributed by atoms with Crippen LogP contribution in [0.4, 0.5) is 5.69 Å². The molecule has 1 unspecified atom stereocenters. The lowest BCUT2D eigenvalue weighted by Crippen LogP contribution is -2.17. The van der Waals surface area contributed by atoms with E-state index in [0.717, 1.165) is 19.3 Å². The first-order valence-electron chi connectivity index (χ1n) is 5.74. The van der Waals surface area contributed by atoms with Crippen molar-refractivity contribution in [1.29, 1.82) is 0 Å². The Bertz CT molecular complexity index is 350. The van der Waals surface area contributed by atoms with Gasteiger partial charge < -0.3 is 10.4 Å². The maximum absolute atomic E-state index is 11.0. The molecule has 0 radical (unpaired) electrons. The second kappa shape index (κ2) is 6.16. The number of anilines is 1. The monoisotopic (exact) mass is 221 g/mol. The molecular weight excluding hydrogens is 202 g/mol. The van der Waals surface area contributed by atoms with Crippen LogP contribution in [0.1, 0.15) is 43.5 Å². The molecule has 1 rings (SSSR count). The van der Waals surface area contributed by atoms with Gasteiger partial charge in [0.15, 0.2) is 0 Å². The Labute approximate surface area is 96.5 Å². The molecule has 1 aromatic rings. The van der Waals surface area contributed by atoms with Gasteiger partial charge in [-0.15, -0.1) is 0 Å². The van der Waals surface area contributed by atoms with Crippen LogP contribution in [0.15, 0.2) is 24.3 Å². The molecule has 0 fully saturated rings. The number of carboxylic acids is 1. The van der Waals surface area contributed by atoms with Gasteiger partial charge in [0.1, 0.15) is 0 Å². The predicted molar refractivity (Wildman–Crippen MR) is 66.0 cm³/mol. The normalized spacial score (nSPS) is 12.1. The molecule has 0 saturated heterocycles. The number of carbonyl (C=O) groups is 1. The summed E-state index contributed by atoms with van der Waals surface area (Å²) in [6.45, 7) is 4.23. The van der Waals surface area contributed by atoms with Gasteiger partial charge in [0, 0.05) is 11.7 Å². The number of para-hydroxylation sites is 1. The van der Waals surface area contributed by atoms with Crippen LogP contribution < -0.4 is 5.32 Å². The minimum atomic E-state index is -0.884. The van der Waals surface area contributed by atoms with Gasteiger partial charge in [-0.25, -0.2) is 4.79 Å². The molecule has 16 heavy (non-hydrogen) atoms. The van der Waals surface area contributed by atoms with Crippen molar-refractivity contribution in [3.8, 4) is 0 Å². The van der Waals surface area contributed by atoms with E-state index in [0.29, 0.717) is 17.3 Å². The molecule has 0 aliphatic rings. The molecule has 1 aromatic carbocycles.